The van der Waals surface area contributed by atoms with Gasteiger partial charge in [0.05, 0.1) is 0 Å². The Morgan fingerprint density at radius 1 is 1.44 bits per heavy atom. The number of hydrogen-bond acceptors (Lipinski definition) is 1. The van der Waals surface area contributed by atoms with Crippen LogP contribution in [0.3, 0.4) is 0 Å². The van der Waals surface area contributed by atoms with Gasteiger partial charge < -0.3 is 5.73 Å². The molecule has 1 nitrogen and oxygen atoms in total. The molecule has 0 heterocycles. The van der Waals surface area contributed by atoms with Gasteiger partial charge in [-0.2, -0.15) is 0 Å². The van der Waals surface area contributed by atoms with E-state index in [2.05, 4.69) is 6.92 Å². The predicted octanol–water partition coefficient (Wildman–Crippen LogP) is 1.77. The Hall–Kier alpha value is -0.0400. The van der Waals surface area contributed by atoms with E-state index in [1.807, 2.05) is 0 Å². The zero-order valence-corrected chi connectivity index (χ0v) is 6.27. The van der Waals surface area contributed by atoms with Crippen LogP contribution in [0.1, 0.15) is 32.6 Å². The maximum atomic E-state index is 5.47. The average molecular weight is 127 g/mol. The summed E-state index contributed by atoms with van der Waals surface area (Å²) < 4.78 is 0. The van der Waals surface area contributed by atoms with Gasteiger partial charge >= 0.3 is 0 Å². The topological polar surface area (TPSA) is 26.0 Å². The van der Waals surface area contributed by atoms with Gasteiger partial charge in [-0.05, 0) is 24.8 Å². The molecule has 0 aromatic carbocycles. The molecule has 0 aliphatic heterocycles. The van der Waals surface area contributed by atoms with Crippen LogP contribution < -0.4 is 5.73 Å². The van der Waals surface area contributed by atoms with E-state index in [-0.39, 0.29) is 0 Å². The molecule has 1 aliphatic rings. The normalized spacial score (nSPS) is 35.3. The molecule has 0 spiro atoms. The molecule has 0 bridgehead atoms. The fourth-order valence-corrected chi connectivity index (χ4v) is 1.87. The van der Waals surface area contributed by atoms with E-state index >= 15 is 0 Å². The highest BCUT2D eigenvalue weighted by Gasteiger charge is 2.21. The van der Waals surface area contributed by atoms with Crippen LogP contribution in [-0.4, -0.2) is 6.54 Å². The third kappa shape index (κ3) is 1.68. The fourth-order valence-electron chi connectivity index (χ4n) is 1.87. The zero-order valence-electron chi connectivity index (χ0n) is 6.27. The first kappa shape index (κ1) is 7.07. The van der Waals surface area contributed by atoms with Crippen LogP contribution in [-0.2, 0) is 0 Å². The second-order valence-corrected chi connectivity index (χ2v) is 3.25. The maximum Gasteiger partial charge on any atom is -0.00745 e. The molecule has 1 rings (SSSR count). The Kier molecular flexibility index (Phi) is 2.52. The predicted molar refractivity (Wildman–Crippen MR) is 40.2 cm³/mol. The summed E-state index contributed by atoms with van der Waals surface area (Å²) in [7, 11) is 0. The third-order valence-corrected chi connectivity index (χ3v) is 2.58. The standard InChI is InChI=1S/C8H17N/c1-7-3-2-4-8(7)5-6-9/h7-8H,2-6,9H2,1H3. The molecule has 54 valence electrons. The second kappa shape index (κ2) is 3.21. The van der Waals surface area contributed by atoms with Crippen molar-refractivity contribution < 1.29 is 0 Å². The molecule has 0 radical (unpaired) electrons. The van der Waals surface area contributed by atoms with Crippen molar-refractivity contribution in [3.8, 4) is 0 Å². The van der Waals surface area contributed by atoms with Crippen LogP contribution in [0.15, 0.2) is 0 Å². The van der Waals surface area contributed by atoms with Crippen LogP contribution >= 0.6 is 0 Å². The first-order chi connectivity index (χ1) is 4.34. The SMILES string of the molecule is CC1CCCC1CCN. The minimum atomic E-state index is 0.884. The summed E-state index contributed by atoms with van der Waals surface area (Å²) >= 11 is 0. The van der Waals surface area contributed by atoms with Gasteiger partial charge in [0.25, 0.3) is 0 Å². The van der Waals surface area contributed by atoms with E-state index in [0.29, 0.717) is 0 Å². The lowest BCUT2D eigenvalue weighted by molar-refractivity contribution is 0.397. The van der Waals surface area contributed by atoms with Crippen LogP contribution in [0.4, 0.5) is 0 Å². The molecule has 2 unspecified atom stereocenters. The quantitative estimate of drug-likeness (QED) is 0.601. The summed E-state index contributed by atoms with van der Waals surface area (Å²) in [5.41, 5.74) is 5.47. The molecule has 2 atom stereocenters. The summed E-state index contributed by atoms with van der Waals surface area (Å²) in [5.74, 6) is 1.91. The summed E-state index contributed by atoms with van der Waals surface area (Å²) in [6.45, 7) is 3.24. The molecule has 1 aliphatic carbocycles. The van der Waals surface area contributed by atoms with Crippen LogP contribution in [0, 0.1) is 11.8 Å². The highest BCUT2D eigenvalue weighted by Crippen LogP contribution is 2.32. The molecular weight excluding hydrogens is 110 g/mol. The highest BCUT2D eigenvalue weighted by atomic mass is 14.5. The molecule has 9 heavy (non-hydrogen) atoms. The van der Waals surface area contributed by atoms with Gasteiger partial charge in [-0.25, -0.2) is 0 Å². The molecule has 0 aromatic heterocycles. The summed E-state index contributed by atoms with van der Waals surface area (Å²) in [5, 5.41) is 0. The van der Waals surface area contributed by atoms with Crippen molar-refractivity contribution in [3.63, 3.8) is 0 Å². The fraction of sp³-hybridized carbons (Fsp3) is 1.00. The Labute approximate surface area is 57.6 Å². The Bertz CT molecular complexity index is 80.6. The van der Waals surface area contributed by atoms with Gasteiger partial charge in [0, 0.05) is 0 Å². The van der Waals surface area contributed by atoms with Gasteiger partial charge in [-0.1, -0.05) is 26.2 Å². The molecule has 1 fully saturated rings. The molecule has 0 amide bonds. The maximum absolute atomic E-state index is 5.47. The smallest absolute Gasteiger partial charge is 0.00745 e. The molecule has 0 aromatic rings. The van der Waals surface area contributed by atoms with Gasteiger partial charge in [0.2, 0.25) is 0 Å². The second-order valence-electron chi connectivity index (χ2n) is 3.25. The lowest BCUT2D eigenvalue weighted by atomic mass is 9.95. The summed E-state index contributed by atoms with van der Waals surface area (Å²) in [6, 6.07) is 0. The van der Waals surface area contributed by atoms with E-state index in [1.165, 1.54) is 25.7 Å². The Morgan fingerprint density at radius 2 is 2.22 bits per heavy atom. The van der Waals surface area contributed by atoms with E-state index in [0.717, 1.165) is 18.4 Å². The van der Waals surface area contributed by atoms with Crippen LogP contribution in [0.25, 0.3) is 0 Å². The van der Waals surface area contributed by atoms with Crippen LogP contribution in [0.2, 0.25) is 0 Å². The lowest BCUT2D eigenvalue weighted by Crippen LogP contribution is -2.10. The summed E-state index contributed by atoms with van der Waals surface area (Å²) in [4.78, 5) is 0. The molecule has 1 saturated carbocycles. The van der Waals surface area contributed by atoms with E-state index in [9.17, 15) is 0 Å². The number of rotatable bonds is 2. The van der Waals surface area contributed by atoms with Gasteiger partial charge in [-0.15, -0.1) is 0 Å². The minimum Gasteiger partial charge on any atom is -0.330 e. The molecular formula is C8H17N. The summed E-state index contributed by atoms with van der Waals surface area (Å²) in [6.07, 6.45) is 5.55. The molecule has 2 N–H and O–H groups in total. The number of nitrogens with two attached hydrogens (primary N) is 1. The molecule has 0 saturated heterocycles. The first-order valence-corrected chi connectivity index (χ1v) is 4.04. The lowest BCUT2D eigenvalue weighted by Gasteiger charge is -2.12. The van der Waals surface area contributed by atoms with E-state index in [1.54, 1.807) is 0 Å². The minimum absolute atomic E-state index is 0.884. The third-order valence-electron chi connectivity index (χ3n) is 2.58. The van der Waals surface area contributed by atoms with Crippen molar-refractivity contribution in [2.45, 2.75) is 32.6 Å². The van der Waals surface area contributed by atoms with Crippen molar-refractivity contribution in [2.75, 3.05) is 6.54 Å². The monoisotopic (exact) mass is 127 g/mol. The molecule has 1 heteroatoms. The zero-order chi connectivity index (χ0) is 6.69. The average Bonchev–Trinajstić information content (AvgIpc) is 2.18. The van der Waals surface area contributed by atoms with Gasteiger partial charge in [0.15, 0.2) is 0 Å². The first-order valence-electron chi connectivity index (χ1n) is 4.04. The highest BCUT2D eigenvalue weighted by molar-refractivity contribution is 4.73. The van der Waals surface area contributed by atoms with E-state index < -0.39 is 0 Å². The number of hydrogen-bond donors (Lipinski definition) is 1. The van der Waals surface area contributed by atoms with Crippen molar-refractivity contribution in [3.05, 3.63) is 0 Å². The Balaban J connectivity index is 2.22. The van der Waals surface area contributed by atoms with Crippen molar-refractivity contribution in [1.29, 1.82) is 0 Å². The van der Waals surface area contributed by atoms with Crippen molar-refractivity contribution in [2.24, 2.45) is 17.6 Å². The Morgan fingerprint density at radius 3 is 2.67 bits per heavy atom. The largest absolute Gasteiger partial charge is 0.330 e. The van der Waals surface area contributed by atoms with Crippen molar-refractivity contribution >= 4 is 0 Å². The van der Waals surface area contributed by atoms with Crippen LogP contribution in [0.5, 0.6) is 0 Å². The van der Waals surface area contributed by atoms with Crippen molar-refractivity contribution in [1.82, 2.24) is 0 Å². The van der Waals surface area contributed by atoms with E-state index in [4.69, 9.17) is 5.73 Å². The van der Waals surface area contributed by atoms with Gasteiger partial charge in [0.1, 0.15) is 0 Å². The van der Waals surface area contributed by atoms with Gasteiger partial charge in [-0.3, -0.25) is 0 Å².